The third-order valence-corrected chi connectivity index (χ3v) is 4.93. The first-order valence-corrected chi connectivity index (χ1v) is 8.71. The quantitative estimate of drug-likeness (QED) is 0.767. The molecule has 1 amide bonds. The summed E-state index contributed by atoms with van der Waals surface area (Å²) in [5.74, 6) is 1.42. The molecule has 7 nitrogen and oxygen atoms in total. The first kappa shape index (κ1) is 18.2. The van der Waals surface area contributed by atoms with Gasteiger partial charge < -0.3 is 24.3 Å². The Kier molecular flexibility index (Phi) is 5.32. The minimum Gasteiger partial charge on any atom is -0.493 e. The number of carbonyl (C=O) groups excluding carboxylic acids is 1. The van der Waals surface area contributed by atoms with Crippen LogP contribution in [-0.2, 0) is 11.2 Å². The second kappa shape index (κ2) is 8.21. The average Bonchev–Trinajstić information content (AvgIpc) is 2.96. The second-order valence-corrected chi connectivity index (χ2v) is 6.27. The predicted octanol–water partition coefficient (Wildman–Crippen LogP) is 2.48. The summed E-state index contributed by atoms with van der Waals surface area (Å²) < 4.78 is 29.2. The lowest BCUT2D eigenvalue weighted by atomic mass is 9.95. The summed E-state index contributed by atoms with van der Waals surface area (Å²) in [5.41, 5.74) is 2.77. The fraction of sp³-hybridized carbons (Fsp3) is 0.333. The van der Waals surface area contributed by atoms with Crippen molar-refractivity contribution in [2.75, 3.05) is 28.4 Å². The monoisotopic (exact) mass is 387 g/mol. The van der Waals surface area contributed by atoms with Gasteiger partial charge in [0.05, 0.1) is 35.8 Å². The molecule has 0 bridgehead atoms. The van der Waals surface area contributed by atoms with Gasteiger partial charge in [-0.15, -0.1) is 0 Å². The van der Waals surface area contributed by atoms with Crippen molar-refractivity contribution in [3.05, 3.63) is 45.6 Å². The minimum atomic E-state index is -0.365. The predicted molar refractivity (Wildman–Crippen MR) is 105 cm³/mol. The maximum Gasteiger partial charge on any atom is 0.220 e. The van der Waals surface area contributed by atoms with E-state index in [2.05, 4.69) is 5.32 Å². The van der Waals surface area contributed by atoms with E-state index in [0.717, 1.165) is 16.7 Å². The van der Waals surface area contributed by atoms with Gasteiger partial charge in [-0.05, 0) is 47.7 Å². The van der Waals surface area contributed by atoms with E-state index in [4.69, 9.17) is 20.3 Å². The van der Waals surface area contributed by atoms with Crippen molar-refractivity contribution in [2.45, 2.75) is 18.9 Å². The number of carbonyl (C=O) groups is 1. The summed E-state index contributed by atoms with van der Waals surface area (Å²) in [6, 6.07) is 6.34. The molecule has 28 heavy (non-hydrogen) atoms. The number of nitrogens with one attached hydrogen (secondary N) is 1. The lowest BCUT2D eigenvalue weighted by molar-refractivity contribution is -0.110. The number of aryl methyl sites for hydroxylation is 1. The molecule has 0 heterocycles. The van der Waals surface area contributed by atoms with Crippen molar-refractivity contribution in [1.82, 2.24) is 5.32 Å². The van der Waals surface area contributed by atoms with Gasteiger partial charge in [-0.1, -0.05) is 6.07 Å². The van der Waals surface area contributed by atoms with Crippen LogP contribution in [0, 0.1) is 0 Å². The van der Waals surface area contributed by atoms with Crippen molar-refractivity contribution in [3.63, 3.8) is 0 Å². The zero-order chi connectivity index (χ0) is 21.0. The molecule has 0 spiro atoms. The van der Waals surface area contributed by atoms with E-state index in [1.165, 1.54) is 27.4 Å². The van der Waals surface area contributed by atoms with Crippen molar-refractivity contribution in [2.24, 2.45) is 0 Å². The second-order valence-electron chi connectivity index (χ2n) is 6.27. The van der Waals surface area contributed by atoms with Crippen LogP contribution >= 0.6 is 0 Å². The molecular weight excluding hydrogens is 362 g/mol. The highest BCUT2D eigenvalue weighted by Crippen LogP contribution is 2.50. The maximum absolute atomic E-state index is 12.6. The van der Waals surface area contributed by atoms with E-state index in [1.807, 2.05) is 6.07 Å². The van der Waals surface area contributed by atoms with Gasteiger partial charge in [-0.25, -0.2) is 0 Å². The van der Waals surface area contributed by atoms with Crippen LogP contribution in [0.4, 0.5) is 0 Å². The van der Waals surface area contributed by atoms with Crippen LogP contribution < -0.4 is 29.7 Å². The molecule has 0 unspecified atom stereocenters. The number of benzene rings is 1. The summed E-state index contributed by atoms with van der Waals surface area (Å²) in [7, 11) is 4.19. The maximum atomic E-state index is 12.6. The normalized spacial score (nSPS) is 15.2. The summed E-state index contributed by atoms with van der Waals surface area (Å²) in [6.07, 6.45) is 1.80. The molecule has 148 valence electrons. The Bertz CT molecular complexity index is 978. The number of rotatable bonds is 6. The van der Waals surface area contributed by atoms with Crippen LogP contribution in [0.15, 0.2) is 29.1 Å². The topological polar surface area (TPSA) is 83.1 Å². The third kappa shape index (κ3) is 3.24. The fourth-order valence-corrected chi connectivity index (χ4v) is 3.68. The van der Waals surface area contributed by atoms with Gasteiger partial charge in [0.1, 0.15) is 0 Å². The molecule has 1 aliphatic rings. The zero-order valence-corrected chi connectivity index (χ0v) is 16.0. The minimum absolute atomic E-state index is 0.199. The Morgan fingerprint density at radius 1 is 1.07 bits per heavy atom. The molecule has 2 aromatic rings. The van der Waals surface area contributed by atoms with Gasteiger partial charge in [0.2, 0.25) is 17.6 Å². The van der Waals surface area contributed by atoms with Crippen LogP contribution in [0.25, 0.3) is 11.1 Å². The zero-order valence-electron chi connectivity index (χ0n) is 17.0. The van der Waals surface area contributed by atoms with Gasteiger partial charge in [0.25, 0.3) is 0 Å². The highest BCUT2D eigenvalue weighted by molar-refractivity contribution is 5.82. The lowest BCUT2D eigenvalue weighted by Crippen LogP contribution is -2.20. The third-order valence-electron chi connectivity index (χ3n) is 4.93. The van der Waals surface area contributed by atoms with E-state index < -0.39 is 0 Å². The summed E-state index contributed by atoms with van der Waals surface area (Å²) >= 11 is 0. The van der Waals surface area contributed by atoms with E-state index in [1.54, 1.807) is 12.1 Å². The molecule has 1 atom stereocenters. The van der Waals surface area contributed by atoms with Crippen molar-refractivity contribution < 1.29 is 25.1 Å². The first-order chi connectivity index (χ1) is 14.1. The smallest absolute Gasteiger partial charge is 0.220 e. The first-order valence-electron chi connectivity index (χ1n) is 9.42. The average molecular weight is 387 g/mol. The number of amides is 1. The number of hydrogen-bond donors (Lipinski definition) is 1. The van der Waals surface area contributed by atoms with Crippen LogP contribution in [0.5, 0.6) is 23.0 Å². The van der Waals surface area contributed by atoms with Crippen molar-refractivity contribution in [3.8, 4) is 34.1 Å². The Hall–Kier alpha value is -3.22. The highest BCUT2D eigenvalue weighted by Gasteiger charge is 2.28. The number of fused-ring (bicyclic) bond motifs is 3. The van der Waals surface area contributed by atoms with Crippen molar-refractivity contribution in [1.29, 1.82) is 0 Å². The molecule has 0 saturated carbocycles. The number of methoxy groups -OCH3 is 4. The van der Waals surface area contributed by atoms with Gasteiger partial charge >= 0.3 is 0 Å². The molecule has 0 fully saturated rings. The summed E-state index contributed by atoms with van der Waals surface area (Å²) in [5, 5.41) is 2.81. The van der Waals surface area contributed by atoms with Gasteiger partial charge in [0.15, 0.2) is 17.2 Å². The standard InChI is InChI=1S/C21H23NO6/c1-25-17-8-6-13-14(10-16(17)24)15(22-11-23)7-5-12-9-18(26-2)20(27-3)21(28-4)19(12)13/h6,8-11,15H,5,7H2,1-4H3,(H,22,23)/t15-/m0/s1/i2T. The van der Waals surface area contributed by atoms with E-state index in [0.29, 0.717) is 42.1 Å². The van der Waals surface area contributed by atoms with Crippen molar-refractivity contribution >= 4 is 6.41 Å². The number of hydrogen-bond acceptors (Lipinski definition) is 6. The largest absolute Gasteiger partial charge is 0.493 e. The molecule has 1 N–H and O–H groups in total. The van der Waals surface area contributed by atoms with E-state index in [-0.39, 0.29) is 24.3 Å². The number of ether oxygens (including phenoxy) is 4. The molecule has 7 heteroatoms. The van der Waals surface area contributed by atoms with Gasteiger partial charge in [-0.2, -0.15) is 0 Å². The molecular formula is C21H23NO6. The Labute approximate surface area is 164 Å². The van der Waals surface area contributed by atoms with Gasteiger partial charge in [-0.3, -0.25) is 9.59 Å². The SMILES string of the molecule is [3H]COc1cc2c(c(OC)c1OC)-c1ccc(OC)c(=O)cc1[C@@H](NC=O)CC2. The van der Waals surface area contributed by atoms with E-state index in [9.17, 15) is 9.59 Å². The summed E-state index contributed by atoms with van der Waals surface area (Å²) in [6.45, 7) is 0. The fourth-order valence-electron chi connectivity index (χ4n) is 3.68. The molecule has 1 aliphatic carbocycles. The highest BCUT2D eigenvalue weighted by atomic mass is 16.5. The molecule has 0 aliphatic heterocycles. The molecule has 3 rings (SSSR count). The Morgan fingerprint density at radius 2 is 1.86 bits per heavy atom. The van der Waals surface area contributed by atoms with Gasteiger partial charge in [0, 0.05) is 5.56 Å². The van der Waals surface area contributed by atoms with Crippen LogP contribution in [0.3, 0.4) is 0 Å². The van der Waals surface area contributed by atoms with E-state index >= 15 is 0 Å². The molecule has 0 saturated heterocycles. The molecule has 0 aromatic heterocycles. The lowest BCUT2D eigenvalue weighted by Gasteiger charge is -2.19. The van der Waals surface area contributed by atoms with Crippen LogP contribution in [0.1, 0.15) is 25.0 Å². The summed E-state index contributed by atoms with van der Waals surface area (Å²) in [4.78, 5) is 23.8. The van der Waals surface area contributed by atoms with Crippen LogP contribution in [-0.4, -0.2) is 34.8 Å². The molecule has 0 radical (unpaired) electrons. The Morgan fingerprint density at radius 3 is 2.50 bits per heavy atom. The van der Waals surface area contributed by atoms with Crippen LogP contribution in [0.2, 0.25) is 0 Å². The molecule has 2 aromatic carbocycles. The Balaban J connectivity index is 2.40.